The van der Waals surface area contributed by atoms with Crippen LogP contribution in [0, 0.1) is 0 Å². The number of hydrogen-bond acceptors (Lipinski definition) is 5. The molecule has 0 bridgehead atoms. The van der Waals surface area contributed by atoms with Crippen LogP contribution in [-0.2, 0) is 13.0 Å². The molecule has 0 aliphatic rings. The van der Waals surface area contributed by atoms with E-state index in [1.165, 1.54) is 6.07 Å². The number of aliphatic hydroxyl groups excluding tert-OH is 2. The van der Waals surface area contributed by atoms with Gasteiger partial charge >= 0.3 is 6.03 Å². The molecule has 1 atom stereocenters. The van der Waals surface area contributed by atoms with E-state index in [0.29, 0.717) is 29.9 Å². The molecule has 0 spiro atoms. The van der Waals surface area contributed by atoms with Crippen LogP contribution in [0.5, 0.6) is 5.75 Å². The first-order valence-electron chi connectivity index (χ1n) is 7.96. The van der Waals surface area contributed by atoms with Crippen molar-refractivity contribution in [2.45, 2.75) is 19.1 Å². The average Bonchev–Trinajstić information content (AvgIpc) is 2.58. The number of aromatic hydroxyl groups is 1. The lowest BCUT2D eigenvalue weighted by atomic mass is 10.1. The second kappa shape index (κ2) is 9.03. The third kappa shape index (κ3) is 5.75. The minimum atomic E-state index is -0.742. The molecular weight excluding hydrogens is 322 g/mol. The first-order valence-corrected chi connectivity index (χ1v) is 7.96. The smallest absolute Gasteiger partial charge is 0.316 e. The topological polar surface area (TPSA) is 128 Å². The SMILES string of the molecule is NC(=O)Nc1cccc(CCNC[C@@H](O)c2ccc(O)c(CO)c2)c1. The highest BCUT2D eigenvalue weighted by Crippen LogP contribution is 2.22. The summed E-state index contributed by atoms with van der Waals surface area (Å²) in [6.45, 7) is 0.701. The van der Waals surface area contributed by atoms with Crippen LogP contribution in [-0.4, -0.2) is 34.4 Å². The third-order valence-corrected chi connectivity index (χ3v) is 3.78. The first kappa shape index (κ1) is 18.7. The van der Waals surface area contributed by atoms with E-state index in [9.17, 15) is 15.0 Å². The molecule has 0 radical (unpaired) electrons. The molecule has 7 heteroatoms. The summed E-state index contributed by atoms with van der Waals surface area (Å²) in [5.74, 6) is 0.0101. The van der Waals surface area contributed by atoms with E-state index in [-0.39, 0.29) is 12.4 Å². The molecule has 0 heterocycles. The normalized spacial score (nSPS) is 11.9. The minimum Gasteiger partial charge on any atom is -0.508 e. The summed E-state index contributed by atoms with van der Waals surface area (Å²) in [4.78, 5) is 10.9. The highest BCUT2D eigenvalue weighted by molar-refractivity contribution is 5.87. The molecule has 7 nitrogen and oxygen atoms in total. The van der Waals surface area contributed by atoms with E-state index in [0.717, 1.165) is 12.0 Å². The van der Waals surface area contributed by atoms with Crippen LogP contribution in [0.2, 0.25) is 0 Å². The zero-order valence-electron chi connectivity index (χ0n) is 13.8. The lowest BCUT2D eigenvalue weighted by Gasteiger charge is -2.14. The fourth-order valence-electron chi connectivity index (χ4n) is 2.48. The van der Waals surface area contributed by atoms with Crippen molar-refractivity contribution in [2.75, 3.05) is 18.4 Å². The summed E-state index contributed by atoms with van der Waals surface area (Å²) in [6, 6.07) is 11.4. The molecule has 2 amide bonds. The molecule has 0 unspecified atom stereocenters. The second-order valence-electron chi connectivity index (χ2n) is 5.71. The zero-order valence-corrected chi connectivity index (χ0v) is 13.8. The van der Waals surface area contributed by atoms with E-state index in [4.69, 9.17) is 10.8 Å². The van der Waals surface area contributed by atoms with Gasteiger partial charge in [-0.2, -0.15) is 0 Å². The van der Waals surface area contributed by atoms with Gasteiger partial charge in [-0.05, 0) is 48.4 Å². The van der Waals surface area contributed by atoms with Crippen molar-refractivity contribution in [1.82, 2.24) is 5.32 Å². The van der Waals surface area contributed by atoms with Gasteiger partial charge < -0.3 is 31.7 Å². The molecule has 0 fully saturated rings. The Kier molecular flexibility index (Phi) is 6.76. The van der Waals surface area contributed by atoms with Gasteiger partial charge in [0, 0.05) is 17.8 Å². The Morgan fingerprint density at radius 1 is 1.20 bits per heavy atom. The Balaban J connectivity index is 1.81. The van der Waals surface area contributed by atoms with E-state index < -0.39 is 12.1 Å². The number of carbonyl (C=O) groups excluding carboxylic acids is 1. The maximum Gasteiger partial charge on any atom is 0.316 e. The van der Waals surface area contributed by atoms with Gasteiger partial charge in [0.25, 0.3) is 0 Å². The quantitative estimate of drug-likeness (QED) is 0.401. The predicted octanol–water partition coefficient (Wildman–Crippen LogP) is 1.24. The van der Waals surface area contributed by atoms with Crippen LogP contribution in [0.25, 0.3) is 0 Å². The Labute approximate surface area is 146 Å². The van der Waals surface area contributed by atoms with Crippen molar-refractivity contribution in [3.05, 3.63) is 59.2 Å². The number of nitrogens with one attached hydrogen (secondary N) is 2. The van der Waals surface area contributed by atoms with Crippen LogP contribution < -0.4 is 16.4 Å². The van der Waals surface area contributed by atoms with E-state index in [1.54, 1.807) is 18.2 Å². The number of aliphatic hydroxyl groups is 2. The van der Waals surface area contributed by atoms with Gasteiger partial charge in [0.2, 0.25) is 0 Å². The van der Waals surface area contributed by atoms with Gasteiger partial charge in [0.15, 0.2) is 0 Å². The lowest BCUT2D eigenvalue weighted by Crippen LogP contribution is -2.24. The number of rotatable bonds is 8. The summed E-state index contributed by atoms with van der Waals surface area (Å²) < 4.78 is 0. The number of anilines is 1. The van der Waals surface area contributed by atoms with Gasteiger partial charge in [0.05, 0.1) is 12.7 Å². The highest BCUT2D eigenvalue weighted by Gasteiger charge is 2.10. The van der Waals surface area contributed by atoms with Crippen molar-refractivity contribution >= 4 is 11.7 Å². The monoisotopic (exact) mass is 345 g/mol. The number of amides is 2. The van der Waals surface area contributed by atoms with Gasteiger partial charge in [-0.25, -0.2) is 4.79 Å². The van der Waals surface area contributed by atoms with Gasteiger partial charge in [-0.1, -0.05) is 18.2 Å². The molecule has 25 heavy (non-hydrogen) atoms. The summed E-state index contributed by atoms with van der Waals surface area (Å²) in [6.07, 6.45) is -0.0212. The number of benzene rings is 2. The Morgan fingerprint density at radius 3 is 2.72 bits per heavy atom. The van der Waals surface area contributed by atoms with Crippen LogP contribution in [0.1, 0.15) is 22.8 Å². The fourth-order valence-corrected chi connectivity index (χ4v) is 2.48. The molecule has 0 aliphatic carbocycles. The molecule has 2 aromatic carbocycles. The molecule has 2 aromatic rings. The number of hydrogen-bond donors (Lipinski definition) is 6. The zero-order chi connectivity index (χ0) is 18.2. The van der Waals surface area contributed by atoms with Gasteiger partial charge in [-0.3, -0.25) is 0 Å². The lowest BCUT2D eigenvalue weighted by molar-refractivity contribution is 0.174. The Hall–Kier alpha value is -2.61. The van der Waals surface area contributed by atoms with E-state index >= 15 is 0 Å². The maximum absolute atomic E-state index is 10.9. The van der Waals surface area contributed by atoms with Crippen molar-refractivity contribution < 1.29 is 20.1 Å². The molecule has 7 N–H and O–H groups in total. The number of nitrogens with two attached hydrogens (primary N) is 1. The number of carbonyl (C=O) groups is 1. The summed E-state index contributed by atoms with van der Waals surface area (Å²) >= 11 is 0. The van der Waals surface area contributed by atoms with Crippen molar-refractivity contribution in [3.63, 3.8) is 0 Å². The molecular formula is C18H23N3O4. The number of primary amides is 1. The Morgan fingerprint density at radius 2 is 2.00 bits per heavy atom. The van der Waals surface area contributed by atoms with Crippen molar-refractivity contribution in [1.29, 1.82) is 0 Å². The molecule has 0 saturated carbocycles. The molecule has 0 saturated heterocycles. The van der Waals surface area contributed by atoms with Crippen LogP contribution >= 0.6 is 0 Å². The van der Waals surface area contributed by atoms with Crippen LogP contribution in [0.3, 0.4) is 0 Å². The second-order valence-corrected chi connectivity index (χ2v) is 5.71. The molecule has 0 aromatic heterocycles. The van der Waals surface area contributed by atoms with E-state index in [2.05, 4.69) is 10.6 Å². The van der Waals surface area contributed by atoms with Crippen LogP contribution in [0.4, 0.5) is 10.5 Å². The number of urea groups is 1. The molecule has 2 rings (SSSR count). The summed E-state index contributed by atoms with van der Waals surface area (Å²) in [5, 5.41) is 34.6. The molecule has 134 valence electrons. The summed E-state index contributed by atoms with van der Waals surface area (Å²) in [5.41, 5.74) is 7.78. The first-order chi connectivity index (χ1) is 12.0. The summed E-state index contributed by atoms with van der Waals surface area (Å²) in [7, 11) is 0. The highest BCUT2D eigenvalue weighted by atomic mass is 16.3. The standard InChI is InChI=1S/C18H23N3O4/c19-18(25)21-15-3-1-2-12(8-15)6-7-20-10-17(24)13-4-5-16(23)14(9-13)11-22/h1-5,8-9,17,20,22-24H,6-7,10-11H2,(H3,19,21,25)/t17-/m1/s1. The largest absolute Gasteiger partial charge is 0.508 e. The van der Waals surface area contributed by atoms with E-state index in [1.807, 2.05) is 18.2 Å². The third-order valence-electron chi connectivity index (χ3n) is 3.78. The van der Waals surface area contributed by atoms with Crippen LogP contribution in [0.15, 0.2) is 42.5 Å². The van der Waals surface area contributed by atoms with Gasteiger partial charge in [0.1, 0.15) is 5.75 Å². The number of phenols is 1. The molecule has 0 aliphatic heterocycles. The Bertz CT molecular complexity index is 721. The minimum absolute atomic E-state index is 0.0101. The van der Waals surface area contributed by atoms with Crippen molar-refractivity contribution in [3.8, 4) is 5.75 Å². The van der Waals surface area contributed by atoms with Crippen molar-refractivity contribution in [2.24, 2.45) is 5.73 Å². The predicted molar refractivity (Wildman–Crippen MR) is 95.2 cm³/mol. The maximum atomic E-state index is 10.9. The van der Waals surface area contributed by atoms with Gasteiger partial charge in [-0.15, -0.1) is 0 Å². The average molecular weight is 345 g/mol. The fraction of sp³-hybridized carbons (Fsp3) is 0.278.